The number of fused-ring (bicyclic) bond motifs is 1. The topological polar surface area (TPSA) is 66.8 Å². The zero-order chi connectivity index (χ0) is 18.6. The maximum Gasteiger partial charge on any atom is 0.326 e. The van der Waals surface area contributed by atoms with Crippen molar-refractivity contribution in [3.8, 4) is 0 Å². The van der Waals surface area contributed by atoms with Crippen molar-refractivity contribution in [3.63, 3.8) is 0 Å². The summed E-state index contributed by atoms with van der Waals surface area (Å²) in [6.07, 6.45) is 5.20. The third-order valence-corrected chi connectivity index (χ3v) is 6.11. The van der Waals surface area contributed by atoms with E-state index in [-0.39, 0.29) is 5.69 Å². The minimum absolute atomic E-state index is 0.0428. The van der Waals surface area contributed by atoms with Crippen LogP contribution in [0, 0.1) is 5.92 Å². The summed E-state index contributed by atoms with van der Waals surface area (Å²) in [7, 11) is 0. The Hall–Kier alpha value is -2.28. The van der Waals surface area contributed by atoms with Gasteiger partial charge in [0.05, 0.1) is 11.0 Å². The van der Waals surface area contributed by atoms with Crippen LogP contribution in [-0.2, 0) is 6.54 Å². The molecule has 3 aromatic rings. The number of rotatable bonds is 6. The standard InChI is InChI=1S/C20H25N5OS/c1-15-8-12-24(13-9-15)18-7-10-21-19(23-18)27-14-4-11-25-17-6-3-2-5-16(17)22-20(25)26/h2-3,5-7,10,15H,4,8-9,11-14H2,1H3,(H,22,26). The van der Waals surface area contributed by atoms with Gasteiger partial charge in [0.15, 0.2) is 5.16 Å². The van der Waals surface area contributed by atoms with E-state index in [0.29, 0.717) is 6.54 Å². The number of piperidine rings is 1. The van der Waals surface area contributed by atoms with Crippen molar-refractivity contribution in [2.45, 2.75) is 37.9 Å². The summed E-state index contributed by atoms with van der Waals surface area (Å²) >= 11 is 1.66. The molecule has 1 N–H and O–H groups in total. The van der Waals surface area contributed by atoms with Crippen LogP contribution in [0.2, 0.25) is 0 Å². The van der Waals surface area contributed by atoms with E-state index in [2.05, 4.69) is 21.8 Å². The van der Waals surface area contributed by atoms with E-state index in [9.17, 15) is 4.79 Å². The largest absolute Gasteiger partial charge is 0.356 e. The van der Waals surface area contributed by atoms with Crippen LogP contribution in [0.15, 0.2) is 46.5 Å². The van der Waals surface area contributed by atoms with Gasteiger partial charge in [-0.25, -0.2) is 14.8 Å². The van der Waals surface area contributed by atoms with Gasteiger partial charge in [0.2, 0.25) is 0 Å². The molecule has 142 valence electrons. The number of benzene rings is 1. The molecule has 1 fully saturated rings. The summed E-state index contributed by atoms with van der Waals surface area (Å²) in [6.45, 7) is 5.16. The molecule has 0 radical (unpaired) electrons. The van der Waals surface area contributed by atoms with Gasteiger partial charge in [0.25, 0.3) is 0 Å². The Morgan fingerprint density at radius 2 is 2.04 bits per heavy atom. The van der Waals surface area contributed by atoms with Crippen LogP contribution in [0.1, 0.15) is 26.2 Å². The van der Waals surface area contributed by atoms with Crippen LogP contribution in [-0.4, -0.2) is 38.4 Å². The number of aromatic nitrogens is 4. The lowest BCUT2D eigenvalue weighted by molar-refractivity contribution is 0.436. The van der Waals surface area contributed by atoms with Crippen LogP contribution in [0.5, 0.6) is 0 Å². The highest BCUT2D eigenvalue weighted by atomic mass is 32.2. The zero-order valence-electron chi connectivity index (χ0n) is 15.6. The Morgan fingerprint density at radius 1 is 1.22 bits per heavy atom. The molecule has 7 heteroatoms. The molecule has 2 aromatic heterocycles. The molecule has 1 saturated heterocycles. The van der Waals surface area contributed by atoms with Gasteiger partial charge < -0.3 is 9.88 Å². The van der Waals surface area contributed by atoms with E-state index < -0.39 is 0 Å². The monoisotopic (exact) mass is 383 g/mol. The number of aryl methyl sites for hydroxylation is 1. The van der Waals surface area contributed by atoms with E-state index in [0.717, 1.165) is 53.2 Å². The van der Waals surface area contributed by atoms with Gasteiger partial charge in [-0.3, -0.25) is 4.57 Å². The number of nitrogens with one attached hydrogen (secondary N) is 1. The van der Waals surface area contributed by atoms with Gasteiger partial charge in [-0.1, -0.05) is 30.8 Å². The van der Waals surface area contributed by atoms with Crippen molar-refractivity contribution in [2.75, 3.05) is 23.7 Å². The second-order valence-electron chi connectivity index (χ2n) is 7.17. The van der Waals surface area contributed by atoms with E-state index in [1.54, 1.807) is 11.8 Å². The highest BCUT2D eigenvalue weighted by molar-refractivity contribution is 7.99. The van der Waals surface area contributed by atoms with Gasteiger partial charge in [-0.2, -0.15) is 0 Å². The lowest BCUT2D eigenvalue weighted by Crippen LogP contribution is -2.33. The molecule has 1 aromatic carbocycles. The Labute approximate surface area is 163 Å². The second kappa shape index (κ2) is 8.17. The lowest BCUT2D eigenvalue weighted by Gasteiger charge is -2.31. The average Bonchev–Trinajstić information content (AvgIpc) is 3.01. The number of hydrogen-bond acceptors (Lipinski definition) is 5. The fourth-order valence-corrected chi connectivity index (χ4v) is 4.28. The fourth-order valence-electron chi connectivity index (χ4n) is 3.53. The molecule has 27 heavy (non-hydrogen) atoms. The van der Waals surface area contributed by atoms with Crippen LogP contribution < -0.4 is 10.6 Å². The first-order valence-electron chi connectivity index (χ1n) is 9.59. The van der Waals surface area contributed by atoms with Crippen molar-refractivity contribution < 1.29 is 0 Å². The van der Waals surface area contributed by atoms with Gasteiger partial charge in [-0.05, 0) is 43.4 Å². The third kappa shape index (κ3) is 4.18. The third-order valence-electron chi connectivity index (χ3n) is 5.17. The lowest BCUT2D eigenvalue weighted by atomic mass is 9.99. The highest BCUT2D eigenvalue weighted by Gasteiger charge is 2.17. The molecular weight excluding hydrogens is 358 g/mol. The van der Waals surface area contributed by atoms with Gasteiger partial charge >= 0.3 is 5.69 Å². The molecule has 3 heterocycles. The molecule has 0 spiro atoms. The number of anilines is 1. The SMILES string of the molecule is CC1CCN(c2ccnc(SCCCn3c(=O)[nH]c4ccccc43)n2)CC1. The number of para-hydroxylation sites is 2. The summed E-state index contributed by atoms with van der Waals surface area (Å²) in [4.78, 5) is 26.5. The maximum atomic E-state index is 12.1. The normalized spacial score (nSPS) is 15.5. The molecule has 1 aliphatic heterocycles. The van der Waals surface area contributed by atoms with Crippen LogP contribution in [0.4, 0.5) is 5.82 Å². The van der Waals surface area contributed by atoms with Gasteiger partial charge in [0.1, 0.15) is 5.82 Å². The zero-order valence-corrected chi connectivity index (χ0v) is 16.4. The summed E-state index contributed by atoms with van der Waals surface area (Å²) in [5.74, 6) is 2.73. The molecule has 0 saturated carbocycles. The van der Waals surface area contributed by atoms with Crippen molar-refractivity contribution >= 4 is 28.6 Å². The van der Waals surface area contributed by atoms with Crippen LogP contribution in [0.25, 0.3) is 11.0 Å². The Bertz CT molecular complexity index is 958. The number of imidazole rings is 1. The van der Waals surface area contributed by atoms with Crippen molar-refractivity contribution in [1.29, 1.82) is 0 Å². The molecule has 0 aliphatic carbocycles. The van der Waals surface area contributed by atoms with Crippen LogP contribution >= 0.6 is 11.8 Å². The number of H-pyrrole nitrogens is 1. The first kappa shape index (κ1) is 18.1. The Kier molecular flexibility index (Phi) is 5.48. The van der Waals surface area contributed by atoms with Crippen molar-refractivity contribution in [2.24, 2.45) is 5.92 Å². The van der Waals surface area contributed by atoms with E-state index >= 15 is 0 Å². The van der Waals surface area contributed by atoms with E-state index in [4.69, 9.17) is 4.98 Å². The molecule has 1 aliphatic rings. The van der Waals surface area contributed by atoms with Gasteiger partial charge in [0, 0.05) is 31.6 Å². The first-order valence-corrected chi connectivity index (χ1v) is 10.6. The maximum absolute atomic E-state index is 12.1. The molecule has 0 bridgehead atoms. The summed E-state index contributed by atoms with van der Waals surface area (Å²) in [5, 5.41) is 0.817. The number of hydrogen-bond donors (Lipinski definition) is 1. The minimum Gasteiger partial charge on any atom is -0.356 e. The predicted molar refractivity (Wildman–Crippen MR) is 111 cm³/mol. The van der Waals surface area contributed by atoms with Crippen molar-refractivity contribution in [3.05, 3.63) is 47.0 Å². The van der Waals surface area contributed by atoms with Crippen LogP contribution in [0.3, 0.4) is 0 Å². The molecule has 4 rings (SSSR count). The average molecular weight is 384 g/mol. The number of thioether (sulfide) groups is 1. The van der Waals surface area contributed by atoms with Gasteiger partial charge in [-0.15, -0.1) is 0 Å². The molecule has 6 nitrogen and oxygen atoms in total. The molecule has 0 amide bonds. The Morgan fingerprint density at radius 3 is 2.89 bits per heavy atom. The predicted octanol–water partition coefficient (Wildman–Crippen LogP) is 3.54. The van der Waals surface area contributed by atoms with Crippen molar-refractivity contribution in [1.82, 2.24) is 19.5 Å². The summed E-state index contributed by atoms with van der Waals surface area (Å²) in [5.41, 5.74) is 1.81. The molecule has 0 unspecified atom stereocenters. The smallest absolute Gasteiger partial charge is 0.326 e. The molecular formula is C20H25N5OS. The summed E-state index contributed by atoms with van der Waals surface area (Å²) < 4.78 is 1.81. The highest BCUT2D eigenvalue weighted by Crippen LogP contribution is 2.23. The Balaban J connectivity index is 1.33. The van der Waals surface area contributed by atoms with E-state index in [1.807, 2.05) is 41.1 Å². The molecule has 0 atom stereocenters. The number of aromatic amines is 1. The summed E-state index contributed by atoms with van der Waals surface area (Å²) in [6, 6.07) is 9.81. The quantitative estimate of drug-likeness (QED) is 0.401. The number of nitrogens with zero attached hydrogens (tertiary/aromatic N) is 4. The second-order valence-corrected chi connectivity index (χ2v) is 8.23. The van der Waals surface area contributed by atoms with E-state index in [1.165, 1.54) is 12.8 Å². The minimum atomic E-state index is -0.0428. The first-order chi connectivity index (χ1) is 13.2. The fraction of sp³-hybridized carbons (Fsp3) is 0.450.